The normalized spacial score (nSPS) is 13.6. The van der Waals surface area contributed by atoms with Gasteiger partial charge in [-0.1, -0.05) is 75.5 Å². The molecule has 0 bridgehead atoms. The van der Waals surface area contributed by atoms with Gasteiger partial charge in [0, 0.05) is 12.1 Å². The van der Waals surface area contributed by atoms with Crippen LogP contribution in [0.25, 0.3) is 0 Å². The summed E-state index contributed by atoms with van der Waals surface area (Å²) in [5, 5.41) is 0. The van der Waals surface area contributed by atoms with E-state index in [0.717, 1.165) is 30.0 Å². The second kappa shape index (κ2) is 11.3. The topological polar surface area (TPSA) is 21.6 Å². The third-order valence-corrected chi connectivity index (χ3v) is 5.04. The van der Waals surface area contributed by atoms with Crippen LogP contribution in [-0.4, -0.2) is 12.8 Å². The second-order valence-electron chi connectivity index (χ2n) is 7.33. The van der Waals surface area contributed by atoms with E-state index >= 15 is 0 Å². The number of aliphatic imine (C=N–C) groups is 1. The average Bonchev–Trinajstić information content (AvgIpc) is 3.28. The maximum absolute atomic E-state index is 5.84. The first-order valence-corrected chi connectivity index (χ1v) is 10.6. The molecular formula is C26H31NO. The van der Waals surface area contributed by atoms with Gasteiger partial charge in [-0.3, -0.25) is 4.99 Å². The molecule has 28 heavy (non-hydrogen) atoms. The van der Waals surface area contributed by atoms with Gasteiger partial charge < -0.3 is 4.74 Å². The van der Waals surface area contributed by atoms with Crippen molar-refractivity contribution < 1.29 is 4.74 Å². The molecule has 0 fully saturated rings. The number of nitrogens with zero attached hydrogens (tertiary/aromatic N) is 1. The SMILES string of the molecule is CCCCCCCCOc1ccc(C=Nc2ccc(C3C=CC=C3)cc2)cc1. The van der Waals surface area contributed by atoms with Crippen LogP contribution in [0.5, 0.6) is 5.75 Å². The van der Waals surface area contributed by atoms with E-state index in [0.29, 0.717) is 5.92 Å². The van der Waals surface area contributed by atoms with Gasteiger partial charge >= 0.3 is 0 Å². The molecular weight excluding hydrogens is 342 g/mol. The minimum atomic E-state index is 0.405. The van der Waals surface area contributed by atoms with Crippen LogP contribution in [0, 0.1) is 0 Å². The smallest absolute Gasteiger partial charge is 0.119 e. The molecule has 0 amide bonds. The number of rotatable bonds is 11. The minimum absolute atomic E-state index is 0.405. The summed E-state index contributed by atoms with van der Waals surface area (Å²) in [5.41, 5.74) is 3.35. The highest BCUT2D eigenvalue weighted by Crippen LogP contribution is 2.25. The lowest BCUT2D eigenvalue weighted by molar-refractivity contribution is 0.304. The molecule has 1 aliphatic carbocycles. The van der Waals surface area contributed by atoms with E-state index in [1.165, 1.54) is 37.7 Å². The minimum Gasteiger partial charge on any atom is -0.494 e. The second-order valence-corrected chi connectivity index (χ2v) is 7.33. The van der Waals surface area contributed by atoms with Crippen molar-refractivity contribution in [2.45, 2.75) is 51.4 Å². The Kier molecular flexibility index (Phi) is 8.11. The maximum atomic E-state index is 5.84. The van der Waals surface area contributed by atoms with Crippen LogP contribution in [0.15, 0.2) is 77.8 Å². The number of benzene rings is 2. The summed E-state index contributed by atoms with van der Waals surface area (Å²) in [5.74, 6) is 1.34. The first kappa shape index (κ1) is 20.1. The standard InChI is InChI=1S/C26H31NO/c1-2-3-4-5-6-9-20-28-26-18-12-22(13-19-26)21-27-25-16-14-24(15-17-25)23-10-7-8-11-23/h7-8,10-19,21,23H,2-6,9,20H2,1H3. The third-order valence-electron chi connectivity index (χ3n) is 5.04. The van der Waals surface area contributed by atoms with Crippen LogP contribution in [0.4, 0.5) is 5.69 Å². The van der Waals surface area contributed by atoms with Gasteiger partial charge in [0.2, 0.25) is 0 Å². The van der Waals surface area contributed by atoms with Crippen molar-refractivity contribution in [3.63, 3.8) is 0 Å². The zero-order valence-electron chi connectivity index (χ0n) is 16.9. The van der Waals surface area contributed by atoms with Gasteiger partial charge in [0.25, 0.3) is 0 Å². The van der Waals surface area contributed by atoms with Crippen molar-refractivity contribution in [2.24, 2.45) is 4.99 Å². The van der Waals surface area contributed by atoms with Gasteiger partial charge in [0.05, 0.1) is 12.3 Å². The number of allylic oxidation sites excluding steroid dienone is 4. The third kappa shape index (κ3) is 6.53. The van der Waals surface area contributed by atoms with Crippen molar-refractivity contribution in [2.75, 3.05) is 6.61 Å². The lowest BCUT2D eigenvalue weighted by Gasteiger charge is -2.06. The molecule has 2 aromatic rings. The molecule has 1 aliphatic rings. The average molecular weight is 374 g/mol. The predicted molar refractivity (Wildman–Crippen MR) is 120 cm³/mol. The van der Waals surface area contributed by atoms with Gasteiger partial charge in [-0.05, 0) is 53.9 Å². The molecule has 0 unspecified atom stereocenters. The zero-order valence-corrected chi connectivity index (χ0v) is 16.9. The highest BCUT2D eigenvalue weighted by Gasteiger charge is 2.06. The van der Waals surface area contributed by atoms with Gasteiger partial charge in [-0.2, -0.15) is 0 Å². The van der Waals surface area contributed by atoms with Gasteiger partial charge in [0.1, 0.15) is 5.75 Å². The summed E-state index contributed by atoms with van der Waals surface area (Å²) in [4.78, 5) is 4.58. The highest BCUT2D eigenvalue weighted by atomic mass is 16.5. The van der Waals surface area contributed by atoms with Crippen LogP contribution in [0.2, 0.25) is 0 Å². The van der Waals surface area contributed by atoms with Gasteiger partial charge in [-0.25, -0.2) is 0 Å². The molecule has 3 rings (SSSR count). The summed E-state index contributed by atoms with van der Waals surface area (Å²) < 4.78 is 5.84. The Hall–Kier alpha value is -2.61. The molecule has 0 heterocycles. The lowest BCUT2D eigenvalue weighted by atomic mass is 10.0. The van der Waals surface area contributed by atoms with Crippen LogP contribution in [-0.2, 0) is 0 Å². The molecule has 0 aromatic heterocycles. The predicted octanol–water partition coefficient (Wildman–Crippen LogP) is 7.39. The van der Waals surface area contributed by atoms with Crippen molar-refractivity contribution >= 4 is 11.9 Å². The Bertz CT molecular complexity index is 772. The van der Waals surface area contributed by atoms with E-state index in [4.69, 9.17) is 4.74 Å². The fourth-order valence-electron chi connectivity index (χ4n) is 3.31. The maximum Gasteiger partial charge on any atom is 0.119 e. The summed E-state index contributed by atoms with van der Waals surface area (Å²) in [7, 11) is 0. The Labute approximate surface area is 169 Å². The largest absolute Gasteiger partial charge is 0.494 e. The molecule has 0 spiro atoms. The molecule has 0 aliphatic heterocycles. The Morgan fingerprint density at radius 1 is 0.821 bits per heavy atom. The van der Waals surface area contributed by atoms with Gasteiger partial charge in [0.15, 0.2) is 0 Å². The summed E-state index contributed by atoms with van der Waals surface area (Å²) >= 11 is 0. The first-order chi connectivity index (χ1) is 13.8. The van der Waals surface area contributed by atoms with Crippen LogP contribution in [0.1, 0.15) is 62.5 Å². The van der Waals surface area contributed by atoms with E-state index in [1.807, 2.05) is 18.3 Å². The van der Waals surface area contributed by atoms with Crippen LogP contribution in [0.3, 0.4) is 0 Å². The number of hydrogen-bond donors (Lipinski definition) is 0. The Morgan fingerprint density at radius 3 is 2.21 bits per heavy atom. The van der Waals surface area contributed by atoms with Crippen molar-refractivity contribution in [3.05, 3.63) is 84.0 Å². The molecule has 2 heteroatoms. The Balaban J connectivity index is 1.42. The molecule has 2 aromatic carbocycles. The summed E-state index contributed by atoms with van der Waals surface area (Å²) in [6.07, 6.45) is 18.2. The highest BCUT2D eigenvalue weighted by molar-refractivity contribution is 5.82. The van der Waals surface area contributed by atoms with Crippen molar-refractivity contribution in [3.8, 4) is 5.75 Å². The Morgan fingerprint density at radius 2 is 1.50 bits per heavy atom. The molecule has 0 radical (unpaired) electrons. The van der Waals surface area contributed by atoms with E-state index < -0.39 is 0 Å². The molecule has 0 atom stereocenters. The van der Waals surface area contributed by atoms with Crippen molar-refractivity contribution in [1.29, 1.82) is 0 Å². The van der Waals surface area contributed by atoms with E-state index in [2.05, 4.69) is 72.6 Å². The summed E-state index contributed by atoms with van der Waals surface area (Å²) in [6.45, 7) is 3.05. The molecule has 0 saturated heterocycles. The molecule has 0 saturated carbocycles. The molecule has 0 N–H and O–H groups in total. The molecule has 146 valence electrons. The monoisotopic (exact) mass is 373 g/mol. The zero-order chi connectivity index (χ0) is 19.4. The van der Waals surface area contributed by atoms with Crippen LogP contribution < -0.4 is 4.74 Å². The number of hydrogen-bond acceptors (Lipinski definition) is 2. The van der Waals surface area contributed by atoms with E-state index in [-0.39, 0.29) is 0 Å². The van der Waals surface area contributed by atoms with Gasteiger partial charge in [-0.15, -0.1) is 0 Å². The van der Waals surface area contributed by atoms with E-state index in [9.17, 15) is 0 Å². The fourth-order valence-corrected chi connectivity index (χ4v) is 3.31. The molecule has 2 nitrogen and oxygen atoms in total. The number of unbranched alkanes of at least 4 members (excludes halogenated alkanes) is 5. The van der Waals surface area contributed by atoms with E-state index in [1.54, 1.807) is 0 Å². The van der Waals surface area contributed by atoms with Crippen molar-refractivity contribution in [1.82, 2.24) is 0 Å². The lowest BCUT2D eigenvalue weighted by Crippen LogP contribution is -1.97. The summed E-state index contributed by atoms with van der Waals surface area (Å²) in [6, 6.07) is 16.6. The quantitative estimate of drug-likeness (QED) is 0.297. The van der Waals surface area contributed by atoms with Crippen LogP contribution >= 0.6 is 0 Å². The first-order valence-electron chi connectivity index (χ1n) is 10.6. The number of ether oxygens (including phenoxy) is 1. The fraction of sp³-hybridized carbons (Fsp3) is 0.346.